The monoisotopic (exact) mass is 235 g/mol. The highest BCUT2D eigenvalue weighted by Gasteiger charge is 2.47. The van der Waals surface area contributed by atoms with E-state index in [1.54, 1.807) is 0 Å². The molecule has 1 aliphatic heterocycles. The topological polar surface area (TPSA) is 50.7 Å². The van der Waals surface area contributed by atoms with Gasteiger partial charge in [0.25, 0.3) is 0 Å². The third-order valence-electron chi connectivity index (χ3n) is 3.93. The quantitative estimate of drug-likeness (QED) is 0.823. The number of benzene rings is 1. The number of ether oxygens (including phenoxy) is 2. The van der Waals surface area contributed by atoms with Crippen LogP contribution >= 0.6 is 0 Å². The number of hydrogen-bond donors (Lipinski definition) is 2. The van der Waals surface area contributed by atoms with E-state index in [0.717, 1.165) is 23.6 Å². The van der Waals surface area contributed by atoms with Crippen LogP contribution in [-0.4, -0.2) is 24.0 Å². The molecule has 1 aromatic rings. The van der Waals surface area contributed by atoms with Crippen molar-refractivity contribution >= 4 is 5.69 Å². The van der Waals surface area contributed by atoms with E-state index in [-0.39, 0.29) is 11.5 Å². The summed E-state index contributed by atoms with van der Waals surface area (Å²) in [6, 6.07) is 6.14. The highest BCUT2D eigenvalue weighted by Crippen LogP contribution is 2.43. The summed E-state index contributed by atoms with van der Waals surface area (Å²) >= 11 is 0. The van der Waals surface area contributed by atoms with Gasteiger partial charge in [0.2, 0.25) is 6.79 Å². The van der Waals surface area contributed by atoms with Crippen molar-refractivity contribution in [1.29, 1.82) is 0 Å². The van der Waals surface area contributed by atoms with Crippen LogP contribution in [0.3, 0.4) is 0 Å². The van der Waals surface area contributed by atoms with Gasteiger partial charge in [-0.1, -0.05) is 13.8 Å². The molecule has 0 bridgehead atoms. The van der Waals surface area contributed by atoms with Gasteiger partial charge >= 0.3 is 0 Å². The van der Waals surface area contributed by atoms with E-state index in [1.165, 1.54) is 0 Å². The Morgan fingerprint density at radius 3 is 2.76 bits per heavy atom. The van der Waals surface area contributed by atoms with Crippen LogP contribution in [0.4, 0.5) is 5.69 Å². The van der Waals surface area contributed by atoms with Crippen LogP contribution in [-0.2, 0) is 0 Å². The van der Waals surface area contributed by atoms with Gasteiger partial charge in [-0.2, -0.15) is 0 Å². The molecule has 1 aliphatic carbocycles. The van der Waals surface area contributed by atoms with Crippen molar-refractivity contribution in [3.63, 3.8) is 0 Å². The van der Waals surface area contributed by atoms with Crippen LogP contribution in [0.5, 0.6) is 11.5 Å². The highest BCUT2D eigenvalue weighted by atomic mass is 16.7. The van der Waals surface area contributed by atoms with Gasteiger partial charge in [0.1, 0.15) is 0 Å². The largest absolute Gasteiger partial charge is 0.454 e. The summed E-state index contributed by atoms with van der Waals surface area (Å²) in [6.45, 7) is 4.45. The maximum absolute atomic E-state index is 9.69. The lowest BCUT2D eigenvalue weighted by Crippen LogP contribution is -2.56. The molecular formula is C13H17NO3. The number of hydrogen-bond acceptors (Lipinski definition) is 4. The number of anilines is 1. The average Bonchev–Trinajstić information content (AvgIpc) is 2.76. The minimum atomic E-state index is -0.214. The van der Waals surface area contributed by atoms with E-state index >= 15 is 0 Å². The van der Waals surface area contributed by atoms with E-state index < -0.39 is 0 Å². The fourth-order valence-electron chi connectivity index (χ4n) is 2.33. The zero-order valence-corrected chi connectivity index (χ0v) is 10.1. The lowest BCUT2D eigenvalue weighted by Gasteiger charge is -2.49. The molecule has 0 saturated heterocycles. The standard InChI is InChI=1S/C13H17NO3/c1-13(2)11(6-12(13)15)14-8-3-4-9-10(5-8)17-7-16-9/h3-5,11-12,14-15H,6-7H2,1-2H3. The third kappa shape index (κ3) is 1.63. The lowest BCUT2D eigenvalue weighted by molar-refractivity contribution is -0.0510. The minimum absolute atomic E-state index is 0.0730. The Morgan fingerprint density at radius 2 is 2.06 bits per heavy atom. The molecule has 0 aromatic heterocycles. The number of nitrogens with one attached hydrogen (secondary N) is 1. The van der Waals surface area contributed by atoms with Gasteiger partial charge in [-0.05, 0) is 18.6 Å². The fraction of sp³-hybridized carbons (Fsp3) is 0.538. The van der Waals surface area contributed by atoms with Crippen LogP contribution in [0.1, 0.15) is 20.3 Å². The van der Waals surface area contributed by atoms with Gasteiger partial charge in [0.15, 0.2) is 11.5 Å². The molecule has 3 rings (SSSR count). The molecule has 1 saturated carbocycles. The molecule has 1 heterocycles. The Morgan fingerprint density at radius 1 is 1.29 bits per heavy atom. The molecule has 2 N–H and O–H groups in total. The zero-order valence-electron chi connectivity index (χ0n) is 10.1. The Balaban J connectivity index is 1.74. The molecule has 2 unspecified atom stereocenters. The fourth-order valence-corrected chi connectivity index (χ4v) is 2.33. The summed E-state index contributed by atoms with van der Waals surface area (Å²) in [4.78, 5) is 0. The van der Waals surface area contributed by atoms with Crippen molar-refractivity contribution < 1.29 is 14.6 Å². The first kappa shape index (κ1) is 10.7. The van der Waals surface area contributed by atoms with E-state index in [0.29, 0.717) is 12.8 Å². The van der Waals surface area contributed by atoms with Crippen molar-refractivity contribution in [2.75, 3.05) is 12.1 Å². The van der Waals surface area contributed by atoms with E-state index in [1.807, 2.05) is 18.2 Å². The first-order chi connectivity index (χ1) is 8.07. The third-order valence-corrected chi connectivity index (χ3v) is 3.93. The molecule has 92 valence electrons. The zero-order chi connectivity index (χ0) is 12.0. The number of aliphatic hydroxyl groups excluding tert-OH is 1. The molecule has 1 aromatic carbocycles. The van der Waals surface area contributed by atoms with Crippen molar-refractivity contribution in [1.82, 2.24) is 0 Å². The van der Waals surface area contributed by atoms with Gasteiger partial charge in [-0.3, -0.25) is 0 Å². The summed E-state index contributed by atoms with van der Waals surface area (Å²) in [7, 11) is 0. The Bertz CT molecular complexity index is 444. The predicted octanol–water partition coefficient (Wildman–Crippen LogP) is 1.99. The lowest BCUT2D eigenvalue weighted by atomic mass is 9.64. The minimum Gasteiger partial charge on any atom is -0.454 e. The van der Waals surface area contributed by atoms with Crippen LogP contribution < -0.4 is 14.8 Å². The Kier molecular flexibility index (Phi) is 2.23. The van der Waals surface area contributed by atoms with Crippen LogP contribution in [0.2, 0.25) is 0 Å². The van der Waals surface area contributed by atoms with Gasteiger partial charge in [-0.25, -0.2) is 0 Å². The van der Waals surface area contributed by atoms with E-state index in [4.69, 9.17) is 9.47 Å². The SMILES string of the molecule is CC1(C)C(O)CC1Nc1ccc2c(c1)OCO2. The molecule has 2 aliphatic rings. The maximum Gasteiger partial charge on any atom is 0.231 e. The van der Waals surface area contributed by atoms with Gasteiger partial charge in [-0.15, -0.1) is 0 Å². The van der Waals surface area contributed by atoms with Gasteiger partial charge < -0.3 is 19.9 Å². The second kappa shape index (κ2) is 3.53. The van der Waals surface area contributed by atoms with Crippen molar-refractivity contribution in [2.45, 2.75) is 32.4 Å². The van der Waals surface area contributed by atoms with Crippen molar-refractivity contribution in [3.8, 4) is 11.5 Å². The van der Waals surface area contributed by atoms with E-state index in [2.05, 4.69) is 19.2 Å². The number of fused-ring (bicyclic) bond motifs is 1. The molecule has 17 heavy (non-hydrogen) atoms. The first-order valence-electron chi connectivity index (χ1n) is 5.91. The highest BCUT2D eigenvalue weighted by molar-refractivity contribution is 5.56. The molecule has 4 heteroatoms. The number of rotatable bonds is 2. The van der Waals surface area contributed by atoms with Crippen LogP contribution in [0, 0.1) is 5.41 Å². The molecule has 4 nitrogen and oxygen atoms in total. The Hall–Kier alpha value is -1.42. The van der Waals surface area contributed by atoms with Crippen LogP contribution in [0.25, 0.3) is 0 Å². The van der Waals surface area contributed by atoms with Crippen LogP contribution in [0.15, 0.2) is 18.2 Å². The Labute approximate surface area is 101 Å². The molecule has 1 fully saturated rings. The summed E-state index contributed by atoms with van der Waals surface area (Å²) in [5, 5.41) is 13.1. The van der Waals surface area contributed by atoms with Gasteiger partial charge in [0, 0.05) is 23.2 Å². The van der Waals surface area contributed by atoms with Crippen molar-refractivity contribution in [3.05, 3.63) is 18.2 Å². The summed E-state index contributed by atoms with van der Waals surface area (Å²) < 4.78 is 10.6. The second-order valence-electron chi connectivity index (χ2n) is 5.34. The molecule has 0 amide bonds. The molecule has 0 radical (unpaired) electrons. The summed E-state index contributed by atoms with van der Waals surface area (Å²) in [5.74, 6) is 1.58. The average molecular weight is 235 g/mol. The molecule has 2 atom stereocenters. The van der Waals surface area contributed by atoms with Crippen molar-refractivity contribution in [2.24, 2.45) is 5.41 Å². The van der Waals surface area contributed by atoms with Gasteiger partial charge in [0.05, 0.1) is 6.10 Å². The number of aliphatic hydroxyl groups is 1. The maximum atomic E-state index is 9.69. The normalized spacial score (nSPS) is 28.6. The first-order valence-corrected chi connectivity index (χ1v) is 5.91. The smallest absolute Gasteiger partial charge is 0.231 e. The summed E-state index contributed by atoms with van der Waals surface area (Å²) in [5.41, 5.74) is 0.940. The summed E-state index contributed by atoms with van der Waals surface area (Å²) in [6.07, 6.45) is 0.579. The van der Waals surface area contributed by atoms with E-state index in [9.17, 15) is 5.11 Å². The molecular weight excluding hydrogens is 218 g/mol. The molecule has 0 spiro atoms. The predicted molar refractivity (Wildman–Crippen MR) is 64.4 cm³/mol. The second-order valence-corrected chi connectivity index (χ2v) is 5.34.